The van der Waals surface area contributed by atoms with E-state index in [2.05, 4.69) is 10.4 Å². The molecule has 86 valence electrons. The first-order valence-corrected chi connectivity index (χ1v) is 4.11. The number of carbonyl (C=O) groups is 2. The smallest absolute Gasteiger partial charge is 0.376 e. The lowest BCUT2D eigenvalue weighted by Crippen LogP contribution is -2.36. The van der Waals surface area contributed by atoms with Crippen LogP contribution in [0.5, 0.6) is 0 Å². The van der Waals surface area contributed by atoms with Crippen molar-refractivity contribution < 1.29 is 14.7 Å². The van der Waals surface area contributed by atoms with Crippen LogP contribution in [-0.2, 0) is 4.79 Å². The highest BCUT2D eigenvalue weighted by Gasteiger charge is 2.14. The summed E-state index contributed by atoms with van der Waals surface area (Å²) in [6.45, 7) is 0. The van der Waals surface area contributed by atoms with E-state index < -0.39 is 17.7 Å². The van der Waals surface area contributed by atoms with E-state index in [9.17, 15) is 14.4 Å². The third kappa shape index (κ3) is 2.32. The van der Waals surface area contributed by atoms with Gasteiger partial charge in [0.05, 0.1) is 0 Å². The van der Waals surface area contributed by atoms with E-state index in [0.29, 0.717) is 15.4 Å². The Morgan fingerprint density at radius 3 is 2.50 bits per heavy atom. The predicted molar refractivity (Wildman–Crippen MR) is 51.7 cm³/mol. The predicted octanol–water partition coefficient (Wildman–Crippen LogP) is -1.48. The van der Waals surface area contributed by atoms with Gasteiger partial charge in [0, 0.05) is 26.4 Å². The Morgan fingerprint density at radius 2 is 2.00 bits per heavy atom. The number of amides is 1. The number of aromatic nitrogens is 4. The second kappa shape index (κ2) is 4.38. The van der Waals surface area contributed by atoms with Crippen LogP contribution in [0.2, 0.25) is 0 Å². The largest absolute Gasteiger partial charge is 0.478 e. The normalized spacial score (nSPS) is 10.6. The van der Waals surface area contributed by atoms with Gasteiger partial charge in [-0.25, -0.2) is 14.4 Å². The number of aliphatic carboxylic acids is 1. The number of hydrogen-bond donors (Lipinski definition) is 1. The maximum absolute atomic E-state index is 11.4. The fourth-order valence-corrected chi connectivity index (χ4v) is 0.794. The SMILES string of the molecule is CN(C)C(=O)n1nnn(/C=C/C(=O)O)c1=O. The van der Waals surface area contributed by atoms with Crippen molar-refractivity contribution in [3.8, 4) is 0 Å². The second-order valence-electron chi connectivity index (χ2n) is 2.95. The molecule has 0 aliphatic carbocycles. The minimum Gasteiger partial charge on any atom is -0.478 e. The fourth-order valence-electron chi connectivity index (χ4n) is 0.794. The zero-order valence-electron chi connectivity index (χ0n) is 8.56. The van der Waals surface area contributed by atoms with Gasteiger partial charge in [0.15, 0.2) is 0 Å². The van der Waals surface area contributed by atoms with Crippen LogP contribution in [-0.4, -0.2) is 55.9 Å². The number of carbonyl (C=O) groups excluding carboxylic acids is 1. The zero-order valence-corrected chi connectivity index (χ0v) is 8.56. The summed E-state index contributed by atoms with van der Waals surface area (Å²) in [5.74, 6) is -1.24. The molecule has 1 amide bonds. The van der Waals surface area contributed by atoms with Crippen molar-refractivity contribution in [1.82, 2.24) is 24.7 Å². The van der Waals surface area contributed by atoms with Crippen molar-refractivity contribution in [3.05, 3.63) is 16.6 Å². The summed E-state index contributed by atoms with van der Waals surface area (Å²) < 4.78 is 1.17. The maximum Gasteiger partial charge on any atom is 0.376 e. The van der Waals surface area contributed by atoms with Crippen LogP contribution in [0.4, 0.5) is 4.79 Å². The van der Waals surface area contributed by atoms with E-state index in [1.807, 2.05) is 0 Å². The lowest BCUT2D eigenvalue weighted by molar-refractivity contribution is -0.131. The van der Waals surface area contributed by atoms with Gasteiger partial charge in [-0.2, -0.15) is 4.68 Å². The average Bonchev–Trinajstić information content (AvgIpc) is 2.55. The molecule has 1 N–H and O–H groups in total. The molecule has 9 nitrogen and oxygen atoms in total. The highest BCUT2D eigenvalue weighted by atomic mass is 16.4. The fraction of sp³-hybridized carbons (Fsp3) is 0.286. The van der Waals surface area contributed by atoms with Gasteiger partial charge in [0.25, 0.3) is 0 Å². The number of nitrogens with zero attached hydrogens (tertiary/aromatic N) is 5. The molecule has 0 unspecified atom stereocenters. The van der Waals surface area contributed by atoms with Gasteiger partial charge in [0.2, 0.25) is 0 Å². The summed E-state index contributed by atoms with van der Waals surface area (Å²) in [4.78, 5) is 34.1. The van der Waals surface area contributed by atoms with Crippen LogP contribution in [0.1, 0.15) is 0 Å². The number of hydrogen-bond acceptors (Lipinski definition) is 5. The van der Waals surface area contributed by atoms with E-state index in [1.165, 1.54) is 14.1 Å². The summed E-state index contributed by atoms with van der Waals surface area (Å²) >= 11 is 0. The summed E-state index contributed by atoms with van der Waals surface area (Å²) in [6.07, 6.45) is 1.61. The molecule has 0 aliphatic rings. The molecule has 9 heteroatoms. The van der Waals surface area contributed by atoms with Crippen molar-refractivity contribution in [2.24, 2.45) is 0 Å². The van der Waals surface area contributed by atoms with E-state index >= 15 is 0 Å². The number of carboxylic acids is 1. The van der Waals surface area contributed by atoms with E-state index in [0.717, 1.165) is 11.1 Å². The van der Waals surface area contributed by atoms with Gasteiger partial charge >= 0.3 is 17.7 Å². The van der Waals surface area contributed by atoms with Gasteiger partial charge in [-0.05, 0) is 10.4 Å². The highest BCUT2D eigenvalue weighted by molar-refractivity contribution is 5.82. The maximum atomic E-state index is 11.4. The van der Waals surface area contributed by atoms with Crippen LogP contribution in [0.3, 0.4) is 0 Å². The molecule has 1 aromatic heterocycles. The van der Waals surface area contributed by atoms with Gasteiger partial charge < -0.3 is 10.0 Å². The molecule has 0 fully saturated rings. The van der Waals surface area contributed by atoms with E-state index in [-0.39, 0.29) is 0 Å². The first kappa shape index (κ1) is 11.6. The summed E-state index contributed by atoms with van der Waals surface area (Å²) in [5.41, 5.74) is -0.837. The molecule has 0 aliphatic heterocycles. The Bertz CT molecular complexity index is 497. The topological polar surface area (TPSA) is 110 Å². The molecule has 0 radical (unpaired) electrons. The monoisotopic (exact) mass is 227 g/mol. The average molecular weight is 227 g/mol. The molecule has 16 heavy (non-hydrogen) atoms. The minimum absolute atomic E-state index is 0.520. The molecule has 0 saturated carbocycles. The molecule has 0 spiro atoms. The van der Waals surface area contributed by atoms with Gasteiger partial charge in [0.1, 0.15) is 0 Å². The second-order valence-corrected chi connectivity index (χ2v) is 2.95. The van der Waals surface area contributed by atoms with Crippen molar-refractivity contribution in [2.45, 2.75) is 0 Å². The Hall–Kier alpha value is -2.45. The third-order valence-corrected chi connectivity index (χ3v) is 1.53. The Labute approximate surface area is 89.2 Å². The van der Waals surface area contributed by atoms with Crippen molar-refractivity contribution in [2.75, 3.05) is 14.1 Å². The van der Waals surface area contributed by atoms with E-state index in [1.54, 1.807) is 0 Å². The number of rotatable bonds is 2. The molecule has 1 heterocycles. The van der Waals surface area contributed by atoms with Crippen molar-refractivity contribution >= 4 is 18.2 Å². The van der Waals surface area contributed by atoms with Gasteiger partial charge in [-0.3, -0.25) is 0 Å². The van der Waals surface area contributed by atoms with Crippen molar-refractivity contribution in [3.63, 3.8) is 0 Å². The Balaban J connectivity index is 3.07. The first-order chi connectivity index (χ1) is 7.43. The summed E-state index contributed by atoms with van der Waals surface area (Å²) in [6, 6.07) is -0.667. The molecule has 1 rings (SSSR count). The number of carboxylic acid groups (broad SMARTS) is 1. The molecule has 1 aromatic rings. The molecule has 0 atom stereocenters. The zero-order chi connectivity index (χ0) is 12.3. The lowest BCUT2D eigenvalue weighted by Gasteiger charge is -2.06. The summed E-state index contributed by atoms with van der Waals surface area (Å²) in [7, 11) is 2.89. The van der Waals surface area contributed by atoms with Crippen LogP contribution < -0.4 is 5.69 Å². The highest BCUT2D eigenvalue weighted by Crippen LogP contribution is 1.83. The standard InChI is InChI=1S/C7H9N5O4/c1-10(2)6(15)12-7(16)11(8-9-12)4-3-5(13)14/h3-4H,1-2H3,(H,13,14)/b4-3+. The van der Waals surface area contributed by atoms with Crippen LogP contribution in [0.15, 0.2) is 10.9 Å². The molecular weight excluding hydrogens is 218 g/mol. The third-order valence-electron chi connectivity index (χ3n) is 1.53. The molecule has 0 saturated heterocycles. The van der Waals surface area contributed by atoms with Crippen molar-refractivity contribution in [1.29, 1.82) is 0 Å². The molecule has 0 bridgehead atoms. The Kier molecular flexibility index (Phi) is 3.18. The Morgan fingerprint density at radius 1 is 1.38 bits per heavy atom. The van der Waals surface area contributed by atoms with Gasteiger partial charge in [-0.15, -0.1) is 4.68 Å². The molecular formula is C7H9N5O4. The van der Waals surface area contributed by atoms with Crippen LogP contribution >= 0.6 is 0 Å². The number of tetrazole rings is 1. The quantitative estimate of drug-likeness (QED) is 0.487. The lowest BCUT2D eigenvalue weighted by atomic mass is 10.6. The molecule has 0 aromatic carbocycles. The minimum atomic E-state index is -1.24. The van der Waals surface area contributed by atoms with Gasteiger partial charge in [-0.1, -0.05) is 0 Å². The van der Waals surface area contributed by atoms with Crippen LogP contribution in [0.25, 0.3) is 6.20 Å². The van der Waals surface area contributed by atoms with E-state index in [4.69, 9.17) is 5.11 Å². The first-order valence-electron chi connectivity index (χ1n) is 4.11. The van der Waals surface area contributed by atoms with Crippen LogP contribution in [0, 0.1) is 0 Å². The summed E-state index contributed by atoms with van der Waals surface area (Å²) in [5, 5.41) is 14.9.